The lowest BCUT2D eigenvalue weighted by molar-refractivity contribution is -0.197. The lowest BCUT2D eigenvalue weighted by Gasteiger charge is -2.27. The van der Waals surface area contributed by atoms with Crippen LogP contribution in [0.2, 0.25) is 0 Å². The van der Waals surface area contributed by atoms with Gasteiger partial charge in [0.2, 0.25) is 0 Å². The predicted molar refractivity (Wildman–Crippen MR) is 68.8 cm³/mol. The van der Waals surface area contributed by atoms with E-state index < -0.39 is 11.9 Å². The smallest absolute Gasteiger partial charge is 0.158 e. The van der Waals surface area contributed by atoms with Crippen LogP contribution in [0.25, 0.3) is 0 Å². The molecule has 19 heavy (non-hydrogen) atoms. The molecule has 0 aliphatic carbocycles. The first-order valence-electron chi connectivity index (χ1n) is 6.38. The topological polar surface area (TPSA) is 38.7 Å². The van der Waals surface area contributed by atoms with Gasteiger partial charge in [0.25, 0.3) is 0 Å². The van der Waals surface area contributed by atoms with Crippen molar-refractivity contribution in [2.45, 2.75) is 31.7 Å². The van der Waals surface area contributed by atoms with Gasteiger partial charge in [0.1, 0.15) is 11.9 Å². The summed E-state index contributed by atoms with van der Waals surface area (Å²) in [4.78, 5) is 0. The predicted octanol–water partition coefficient (Wildman–Crippen LogP) is 2.38. The van der Waals surface area contributed by atoms with Gasteiger partial charge < -0.3 is 14.6 Å². The van der Waals surface area contributed by atoms with Crippen molar-refractivity contribution in [3.8, 4) is 12.3 Å². The Morgan fingerprint density at radius 1 is 1.53 bits per heavy atom. The number of aliphatic hydroxyl groups is 1. The third-order valence-electron chi connectivity index (χ3n) is 3.13. The van der Waals surface area contributed by atoms with Crippen molar-refractivity contribution in [2.24, 2.45) is 0 Å². The zero-order valence-electron chi connectivity index (χ0n) is 10.6. The minimum atomic E-state index is -0.727. The molecule has 1 N–H and O–H groups in total. The average Bonchev–Trinajstić information content (AvgIpc) is 2.46. The van der Waals surface area contributed by atoms with Gasteiger partial charge in [-0.1, -0.05) is 12.0 Å². The number of halogens is 1. The van der Waals surface area contributed by atoms with Gasteiger partial charge in [-0.2, -0.15) is 0 Å². The van der Waals surface area contributed by atoms with Crippen LogP contribution in [0.3, 0.4) is 0 Å². The Morgan fingerprint density at radius 3 is 2.95 bits per heavy atom. The van der Waals surface area contributed by atoms with Gasteiger partial charge in [-0.15, -0.1) is 6.42 Å². The second-order valence-corrected chi connectivity index (χ2v) is 4.48. The molecule has 1 aromatic carbocycles. The number of benzene rings is 1. The fourth-order valence-corrected chi connectivity index (χ4v) is 2.09. The van der Waals surface area contributed by atoms with E-state index >= 15 is 0 Å². The maximum absolute atomic E-state index is 13.9. The average molecular weight is 264 g/mol. The molecule has 0 aromatic heterocycles. The lowest BCUT2D eigenvalue weighted by atomic mass is 10.1. The molecule has 4 heteroatoms. The van der Waals surface area contributed by atoms with E-state index in [9.17, 15) is 9.50 Å². The van der Waals surface area contributed by atoms with Crippen LogP contribution in [0.4, 0.5) is 4.39 Å². The zero-order valence-corrected chi connectivity index (χ0v) is 10.6. The highest BCUT2D eigenvalue weighted by Gasteiger charge is 2.22. The summed E-state index contributed by atoms with van der Waals surface area (Å²) in [5.74, 6) is 1.90. The van der Waals surface area contributed by atoms with Gasteiger partial charge >= 0.3 is 0 Å². The van der Waals surface area contributed by atoms with Crippen molar-refractivity contribution < 1.29 is 19.0 Å². The van der Waals surface area contributed by atoms with Gasteiger partial charge in [-0.05, 0) is 31.4 Å². The quantitative estimate of drug-likeness (QED) is 0.849. The standard InChI is InChI=1S/C15H17FO3/c1-2-11-6-7-12(13(16)9-11)14(10-17)19-15-5-3-4-8-18-15/h1,6-7,9,14-15,17H,3-5,8,10H2. The van der Waals surface area contributed by atoms with Gasteiger partial charge in [0, 0.05) is 17.7 Å². The van der Waals surface area contributed by atoms with Crippen LogP contribution in [-0.2, 0) is 9.47 Å². The number of ether oxygens (including phenoxy) is 2. The van der Waals surface area contributed by atoms with Crippen LogP contribution >= 0.6 is 0 Å². The summed E-state index contributed by atoms with van der Waals surface area (Å²) in [6, 6.07) is 4.45. The van der Waals surface area contributed by atoms with Crippen LogP contribution < -0.4 is 0 Å². The minimum absolute atomic E-state index is 0.299. The van der Waals surface area contributed by atoms with Crippen molar-refractivity contribution >= 4 is 0 Å². The van der Waals surface area contributed by atoms with Crippen LogP contribution in [-0.4, -0.2) is 24.6 Å². The number of rotatable bonds is 4. The van der Waals surface area contributed by atoms with Crippen LogP contribution in [0, 0.1) is 18.2 Å². The molecule has 1 aliphatic rings. The molecule has 2 rings (SSSR count). The number of hydrogen-bond acceptors (Lipinski definition) is 3. The van der Waals surface area contributed by atoms with Gasteiger partial charge in [0.15, 0.2) is 6.29 Å². The highest BCUT2D eigenvalue weighted by molar-refractivity contribution is 5.36. The molecular weight excluding hydrogens is 247 g/mol. The van der Waals surface area contributed by atoms with Crippen molar-refractivity contribution in [3.05, 3.63) is 35.1 Å². The summed E-state index contributed by atoms with van der Waals surface area (Å²) in [6.45, 7) is 0.341. The second-order valence-electron chi connectivity index (χ2n) is 4.48. The van der Waals surface area contributed by atoms with E-state index in [4.69, 9.17) is 15.9 Å². The maximum atomic E-state index is 13.9. The lowest BCUT2D eigenvalue weighted by Crippen LogP contribution is -2.26. The largest absolute Gasteiger partial charge is 0.393 e. The first-order valence-corrected chi connectivity index (χ1v) is 6.38. The third kappa shape index (κ3) is 3.54. The Kier molecular flexibility index (Phi) is 4.92. The van der Waals surface area contributed by atoms with Crippen LogP contribution in [0.1, 0.15) is 36.5 Å². The molecule has 1 fully saturated rings. The summed E-state index contributed by atoms with van der Waals surface area (Å²) in [6.07, 6.45) is 6.89. The molecule has 2 atom stereocenters. The van der Waals surface area contributed by atoms with E-state index in [0.717, 1.165) is 19.3 Å². The molecule has 102 valence electrons. The Morgan fingerprint density at radius 2 is 2.37 bits per heavy atom. The molecule has 2 unspecified atom stereocenters. The molecule has 3 nitrogen and oxygen atoms in total. The molecule has 0 bridgehead atoms. The van der Waals surface area contributed by atoms with Crippen molar-refractivity contribution in [3.63, 3.8) is 0 Å². The van der Waals surface area contributed by atoms with Gasteiger partial charge in [0.05, 0.1) is 6.61 Å². The van der Waals surface area contributed by atoms with Gasteiger partial charge in [-0.3, -0.25) is 0 Å². The molecule has 1 aromatic rings. The molecular formula is C15H17FO3. The van der Waals surface area contributed by atoms with Gasteiger partial charge in [-0.25, -0.2) is 4.39 Å². The molecule has 0 radical (unpaired) electrons. The van der Waals surface area contributed by atoms with E-state index in [0.29, 0.717) is 17.7 Å². The Bertz CT molecular complexity index is 461. The fraction of sp³-hybridized carbons (Fsp3) is 0.467. The van der Waals surface area contributed by atoms with E-state index in [1.165, 1.54) is 6.07 Å². The zero-order chi connectivity index (χ0) is 13.7. The molecule has 1 heterocycles. The summed E-state index contributed by atoms with van der Waals surface area (Å²) in [5.41, 5.74) is 0.766. The first-order chi connectivity index (χ1) is 9.24. The Hall–Kier alpha value is -1.41. The molecule has 1 aliphatic heterocycles. The summed E-state index contributed by atoms with van der Waals surface area (Å²) in [5, 5.41) is 9.37. The third-order valence-corrected chi connectivity index (χ3v) is 3.13. The van der Waals surface area contributed by atoms with Crippen molar-refractivity contribution in [1.82, 2.24) is 0 Å². The molecule has 0 amide bonds. The maximum Gasteiger partial charge on any atom is 0.158 e. The highest BCUT2D eigenvalue weighted by atomic mass is 19.1. The SMILES string of the molecule is C#Cc1ccc(C(CO)OC2CCCCO2)c(F)c1. The van der Waals surface area contributed by atoms with Crippen LogP contribution in [0.15, 0.2) is 18.2 Å². The highest BCUT2D eigenvalue weighted by Crippen LogP contribution is 2.26. The summed E-state index contributed by atoms with van der Waals surface area (Å²) < 4.78 is 24.9. The minimum Gasteiger partial charge on any atom is -0.393 e. The Labute approximate surface area is 112 Å². The van der Waals surface area contributed by atoms with E-state index in [-0.39, 0.29) is 12.9 Å². The van der Waals surface area contributed by atoms with E-state index in [1.807, 2.05) is 0 Å². The molecule has 0 saturated carbocycles. The normalized spacial score (nSPS) is 20.8. The first kappa shape index (κ1) is 14.0. The summed E-state index contributed by atoms with van der Waals surface area (Å²) >= 11 is 0. The molecule has 1 saturated heterocycles. The van der Waals surface area contributed by atoms with E-state index in [2.05, 4.69) is 5.92 Å². The number of terminal acetylenes is 1. The molecule has 0 spiro atoms. The van der Waals surface area contributed by atoms with Crippen LogP contribution in [0.5, 0.6) is 0 Å². The van der Waals surface area contributed by atoms with Crippen molar-refractivity contribution in [1.29, 1.82) is 0 Å². The van der Waals surface area contributed by atoms with E-state index in [1.54, 1.807) is 12.1 Å². The fourth-order valence-electron chi connectivity index (χ4n) is 2.09. The number of hydrogen-bond donors (Lipinski definition) is 1. The monoisotopic (exact) mass is 264 g/mol. The number of aliphatic hydroxyl groups excluding tert-OH is 1. The van der Waals surface area contributed by atoms with Crippen molar-refractivity contribution in [2.75, 3.05) is 13.2 Å². The Balaban J connectivity index is 2.10. The summed E-state index contributed by atoms with van der Waals surface area (Å²) in [7, 11) is 0. The second kappa shape index (κ2) is 6.67.